The van der Waals surface area contributed by atoms with Crippen LogP contribution in [0, 0.1) is 11.7 Å². The Morgan fingerprint density at radius 3 is 2.24 bits per heavy atom. The zero-order chi connectivity index (χ0) is 18.2. The van der Waals surface area contributed by atoms with Crippen LogP contribution in [-0.2, 0) is 9.59 Å². The fraction of sp³-hybridized carbons (Fsp3) is 0.556. The van der Waals surface area contributed by atoms with Crippen molar-refractivity contribution in [3.8, 4) is 0 Å². The maximum absolute atomic E-state index is 13.0. The number of nitrogens with zero attached hydrogens (tertiary/aromatic N) is 2. The lowest BCUT2D eigenvalue weighted by molar-refractivity contribution is -0.139. The van der Waals surface area contributed by atoms with E-state index in [0.29, 0.717) is 25.6 Å². The molecule has 1 aromatic rings. The van der Waals surface area contributed by atoms with Gasteiger partial charge in [-0.05, 0) is 30.2 Å². The summed E-state index contributed by atoms with van der Waals surface area (Å²) >= 11 is 0. The topological polar surface area (TPSA) is 64.7 Å². The van der Waals surface area contributed by atoms with Crippen LogP contribution < -0.4 is 15.5 Å². The number of hydrogen-bond donors (Lipinski definition) is 2. The molecule has 25 heavy (non-hydrogen) atoms. The van der Waals surface area contributed by atoms with Gasteiger partial charge < -0.3 is 15.5 Å². The van der Waals surface area contributed by atoms with Crippen LogP contribution in [0.15, 0.2) is 24.3 Å². The van der Waals surface area contributed by atoms with E-state index in [2.05, 4.69) is 20.4 Å². The minimum absolute atomic E-state index is 0.226. The summed E-state index contributed by atoms with van der Waals surface area (Å²) in [6.07, 6.45) is 0. The van der Waals surface area contributed by atoms with Crippen molar-refractivity contribution in [2.45, 2.75) is 13.8 Å². The van der Waals surface area contributed by atoms with Crippen LogP contribution in [0.4, 0.5) is 10.1 Å². The van der Waals surface area contributed by atoms with Crippen LogP contribution in [0.25, 0.3) is 0 Å². The van der Waals surface area contributed by atoms with Crippen LogP contribution in [0.1, 0.15) is 13.8 Å². The van der Waals surface area contributed by atoms with Gasteiger partial charge in [0.15, 0.2) is 0 Å². The van der Waals surface area contributed by atoms with Crippen molar-refractivity contribution in [1.82, 2.24) is 15.5 Å². The van der Waals surface area contributed by atoms with E-state index in [4.69, 9.17) is 0 Å². The predicted octanol–water partition coefficient (Wildman–Crippen LogP) is 0.836. The molecule has 0 unspecified atom stereocenters. The fourth-order valence-corrected chi connectivity index (χ4v) is 2.67. The van der Waals surface area contributed by atoms with Crippen LogP contribution in [-0.4, -0.2) is 62.5 Å². The summed E-state index contributed by atoms with van der Waals surface area (Å²) in [6, 6.07) is 6.53. The maximum Gasteiger partial charge on any atom is 0.309 e. The highest BCUT2D eigenvalue weighted by molar-refractivity contribution is 6.35. The van der Waals surface area contributed by atoms with Crippen LogP contribution in [0.5, 0.6) is 0 Å². The summed E-state index contributed by atoms with van der Waals surface area (Å²) < 4.78 is 13.0. The Balaban J connectivity index is 1.64. The van der Waals surface area contributed by atoms with Crippen LogP contribution >= 0.6 is 0 Å². The number of amides is 2. The molecular weight excluding hydrogens is 323 g/mol. The van der Waals surface area contributed by atoms with Gasteiger partial charge in [0.1, 0.15) is 5.82 Å². The molecule has 1 saturated heterocycles. The van der Waals surface area contributed by atoms with Gasteiger partial charge in [0.05, 0.1) is 0 Å². The number of piperazine rings is 1. The van der Waals surface area contributed by atoms with Gasteiger partial charge in [0.25, 0.3) is 0 Å². The molecule has 1 fully saturated rings. The van der Waals surface area contributed by atoms with E-state index in [1.165, 1.54) is 12.1 Å². The summed E-state index contributed by atoms with van der Waals surface area (Å²) in [5.41, 5.74) is 1.02. The predicted molar refractivity (Wildman–Crippen MR) is 95.9 cm³/mol. The molecule has 0 aromatic heterocycles. The summed E-state index contributed by atoms with van der Waals surface area (Å²) in [4.78, 5) is 27.7. The normalized spacial score (nSPS) is 15.3. The van der Waals surface area contributed by atoms with Crippen molar-refractivity contribution in [2.24, 2.45) is 5.92 Å². The smallest absolute Gasteiger partial charge is 0.309 e. The molecule has 1 aromatic carbocycles. The Hall–Kier alpha value is -2.15. The van der Waals surface area contributed by atoms with E-state index in [0.717, 1.165) is 31.9 Å². The van der Waals surface area contributed by atoms with Crippen molar-refractivity contribution in [3.05, 3.63) is 30.1 Å². The van der Waals surface area contributed by atoms with Gasteiger partial charge in [0, 0.05) is 51.5 Å². The van der Waals surface area contributed by atoms with Gasteiger partial charge in [-0.3, -0.25) is 14.5 Å². The second-order valence-electron chi connectivity index (χ2n) is 6.66. The third-order valence-electron chi connectivity index (χ3n) is 4.15. The van der Waals surface area contributed by atoms with E-state index < -0.39 is 11.8 Å². The molecule has 7 heteroatoms. The number of halogens is 1. The number of carbonyl (C=O) groups is 2. The number of carbonyl (C=O) groups excluding carboxylic acids is 2. The molecule has 0 bridgehead atoms. The SMILES string of the molecule is CC(C)CNC(=O)C(=O)NCCN1CCN(c2ccc(F)cc2)CC1. The molecule has 1 heterocycles. The van der Waals surface area contributed by atoms with Gasteiger partial charge in [-0.25, -0.2) is 4.39 Å². The lowest BCUT2D eigenvalue weighted by Gasteiger charge is -2.36. The molecule has 0 aliphatic carbocycles. The molecule has 138 valence electrons. The zero-order valence-corrected chi connectivity index (χ0v) is 14.9. The largest absolute Gasteiger partial charge is 0.369 e. The molecule has 0 saturated carbocycles. The number of anilines is 1. The lowest BCUT2D eigenvalue weighted by Crippen LogP contribution is -2.49. The summed E-state index contributed by atoms with van der Waals surface area (Å²) in [5.74, 6) is -1.06. The highest BCUT2D eigenvalue weighted by atomic mass is 19.1. The highest BCUT2D eigenvalue weighted by Crippen LogP contribution is 2.16. The fourth-order valence-electron chi connectivity index (χ4n) is 2.67. The van der Waals surface area contributed by atoms with E-state index in [9.17, 15) is 14.0 Å². The van der Waals surface area contributed by atoms with E-state index in [1.807, 2.05) is 13.8 Å². The van der Waals surface area contributed by atoms with Gasteiger partial charge in [-0.15, -0.1) is 0 Å². The Morgan fingerprint density at radius 2 is 1.64 bits per heavy atom. The summed E-state index contributed by atoms with van der Waals surface area (Å²) in [7, 11) is 0. The number of nitrogens with one attached hydrogen (secondary N) is 2. The quantitative estimate of drug-likeness (QED) is 0.746. The average Bonchev–Trinajstić information content (AvgIpc) is 2.61. The first-order chi connectivity index (χ1) is 12.0. The molecule has 2 N–H and O–H groups in total. The Kier molecular flexibility index (Phi) is 7.18. The third-order valence-corrected chi connectivity index (χ3v) is 4.15. The van der Waals surface area contributed by atoms with E-state index in [1.54, 1.807) is 12.1 Å². The standard InChI is InChI=1S/C18H27FN4O2/c1-14(2)13-21-18(25)17(24)20-7-8-22-9-11-23(12-10-22)16-5-3-15(19)4-6-16/h3-6,14H,7-13H2,1-2H3,(H,20,24)(H,21,25). The second-order valence-corrected chi connectivity index (χ2v) is 6.66. The Labute approximate surface area is 148 Å². The summed E-state index contributed by atoms with van der Waals surface area (Å²) in [5, 5.41) is 5.25. The molecule has 0 atom stereocenters. The van der Waals surface area contributed by atoms with Crippen molar-refractivity contribution < 1.29 is 14.0 Å². The summed E-state index contributed by atoms with van der Waals surface area (Å²) in [6.45, 7) is 9.05. The molecular formula is C18H27FN4O2. The van der Waals surface area contributed by atoms with Gasteiger partial charge in [-0.2, -0.15) is 0 Å². The molecule has 0 radical (unpaired) electrons. The number of benzene rings is 1. The zero-order valence-electron chi connectivity index (χ0n) is 14.9. The monoisotopic (exact) mass is 350 g/mol. The average molecular weight is 350 g/mol. The molecule has 6 nitrogen and oxygen atoms in total. The molecule has 1 aliphatic rings. The van der Waals surface area contributed by atoms with Crippen LogP contribution in [0.3, 0.4) is 0 Å². The first kappa shape index (κ1) is 19.2. The van der Waals surface area contributed by atoms with E-state index in [-0.39, 0.29) is 5.82 Å². The number of hydrogen-bond acceptors (Lipinski definition) is 4. The Bertz CT molecular complexity index is 569. The van der Waals surface area contributed by atoms with Gasteiger partial charge in [0.2, 0.25) is 0 Å². The molecule has 0 spiro atoms. The Morgan fingerprint density at radius 1 is 1.04 bits per heavy atom. The minimum Gasteiger partial charge on any atom is -0.369 e. The maximum atomic E-state index is 13.0. The highest BCUT2D eigenvalue weighted by Gasteiger charge is 2.18. The van der Waals surface area contributed by atoms with E-state index >= 15 is 0 Å². The van der Waals surface area contributed by atoms with Gasteiger partial charge in [-0.1, -0.05) is 13.8 Å². The van der Waals surface area contributed by atoms with Gasteiger partial charge >= 0.3 is 11.8 Å². The van der Waals surface area contributed by atoms with Crippen molar-refractivity contribution in [3.63, 3.8) is 0 Å². The first-order valence-electron chi connectivity index (χ1n) is 8.74. The lowest BCUT2D eigenvalue weighted by atomic mass is 10.2. The van der Waals surface area contributed by atoms with Crippen molar-refractivity contribution in [1.29, 1.82) is 0 Å². The first-order valence-corrected chi connectivity index (χ1v) is 8.74. The molecule has 1 aliphatic heterocycles. The van der Waals surface area contributed by atoms with Crippen LogP contribution in [0.2, 0.25) is 0 Å². The van der Waals surface area contributed by atoms with Crippen molar-refractivity contribution >= 4 is 17.5 Å². The second kappa shape index (κ2) is 9.36. The minimum atomic E-state index is -0.578. The molecule has 2 rings (SSSR count). The number of rotatable bonds is 6. The molecule has 2 amide bonds. The third kappa shape index (κ3) is 6.34. The van der Waals surface area contributed by atoms with Crippen molar-refractivity contribution in [2.75, 3.05) is 50.7 Å².